The van der Waals surface area contributed by atoms with Crippen LogP contribution in [0.15, 0.2) is 18.2 Å². The second-order valence-electron chi connectivity index (χ2n) is 6.31. The summed E-state index contributed by atoms with van der Waals surface area (Å²) in [6, 6.07) is 3.81. The average Bonchev–Trinajstić information content (AvgIpc) is 2.36. The zero-order valence-electron chi connectivity index (χ0n) is 12.2. The summed E-state index contributed by atoms with van der Waals surface area (Å²) in [5, 5.41) is 2.75. The fraction of sp³-hybridized carbons (Fsp3) is 0.467. The molecule has 0 radical (unpaired) electrons. The lowest BCUT2D eigenvalue weighted by molar-refractivity contribution is -0.147. The zero-order valence-corrected chi connectivity index (χ0v) is 13.0. The number of rotatable bonds is 2. The van der Waals surface area contributed by atoms with E-state index in [0.717, 1.165) is 0 Å². The molecule has 1 unspecified atom stereocenters. The van der Waals surface area contributed by atoms with Crippen molar-refractivity contribution in [2.24, 2.45) is 5.41 Å². The molecule has 1 N–H and O–H groups in total. The highest BCUT2D eigenvalue weighted by Crippen LogP contribution is 2.24. The SMILES string of the molecule is CC(C)(C)C1NC(=O)CN(Cc2ccc(Cl)c(F)c2)C1=O. The second-order valence-corrected chi connectivity index (χ2v) is 6.72. The molecule has 2 amide bonds. The van der Waals surface area contributed by atoms with Crippen molar-refractivity contribution in [3.8, 4) is 0 Å². The van der Waals surface area contributed by atoms with Crippen LogP contribution in [0.1, 0.15) is 26.3 Å². The van der Waals surface area contributed by atoms with Crippen LogP contribution in [0.3, 0.4) is 0 Å². The van der Waals surface area contributed by atoms with Gasteiger partial charge in [0.05, 0.1) is 11.6 Å². The third kappa shape index (κ3) is 3.53. The molecule has 1 fully saturated rings. The first-order valence-electron chi connectivity index (χ1n) is 6.70. The Bertz CT molecular complexity index is 584. The summed E-state index contributed by atoms with van der Waals surface area (Å²) < 4.78 is 13.5. The van der Waals surface area contributed by atoms with Gasteiger partial charge in [-0.05, 0) is 23.1 Å². The van der Waals surface area contributed by atoms with Gasteiger partial charge in [-0.3, -0.25) is 9.59 Å². The molecular formula is C15H18ClFN2O2. The molecule has 1 aromatic rings. The molecule has 21 heavy (non-hydrogen) atoms. The summed E-state index contributed by atoms with van der Waals surface area (Å²) >= 11 is 5.64. The van der Waals surface area contributed by atoms with Crippen molar-refractivity contribution in [1.82, 2.24) is 10.2 Å². The molecule has 0 saturated carbocycles. The van der Waals surface area contributed by atoms with Crippen molar-refractivity contribution >= 4 is 23.4 Å². The number of carbonyl (C=O) groups excluding carboxylic acids is 2. The fourth-order valence-electron chi connectivity index (χ4n) is 2.28. The summed E-state index contributed by atoms with van der Waals surface area (Å²) in [5.41, 5.74) is 0.226. The predicted molar refractivity (Wildman–Crippen MR) is 78.2 cm³/mol. The van der Waals surface area contributed by atoms with Crippen LogP contribution in [0, 0.1) is 11.2 Å². The van der Waals surface area contributed by atoms with Gasteiger partial charge in [-0.1, -0.05) is 38.4 Å². The maximum absolute atomic E-state index is 13.5. The van der Waals surface area contributed by atoms with Crippen LogP contribution in [0.25, 0.3) is 0 Å². The predicted octanol–water partition coefficient (Wildman–Crippen LogP) is 2.35. The van der Waals surface area contributed by atoms with Crippen LogP contribution >= 0.6 is 11.6 Å². The number of nitrogens with zero attached hydrogens (tertiary/aromatic N) is 1. The third-order valence-electron chi connectivity index (χ3n) is 3.42. The minimum absolute atomic E-state index is 0.0182. The Hall–Kier alpha value is -1.62. The van der Waals surface area contributed by atoms with Crippen LogP contribution in [-0.2, 0) is 16.1 Å². The molecule has 2 rings (SSSR count). The Kier molecular flexibility index (Phi) is 4.23. The van der Waals surface area contributed by atoms with Gasteiger partial charge < -0.3 is 10.2 Å². The molecule has 1 heterocycles. The molecule has 4 nitrogen and oxygen atoms in total. The van der Waals surface area contributed by atoms with Gasteiger partial charge in [0.15, 0.2) is 0 Å². The van der Waals surface area contributed by atoms with E-state index in [9.17, 15) is 14.0 Å². The normalized spacial score (nSPS) is 19.7. The molecule has 0 bridgehead atoms. The van der Waals surface area contributed by atoms with Gasteiger partial charge in [0.1, 0.15) is 11.9 Å². The smallest absolute Gasteiger partial charge is 0.246 e. The topological polar surface area (TPSA) is 49.4 Å². The number of piperazine rings is 1. The number of amides is 2. The molecule has 1 aliphatic rings. The molecular weight excluding hydrogens is 295 g/mol. The van der Waals surface area contributed by atoms with E-state index < -0.39 is 11.9 Å². The Morgan fingerprint density at radius 3 is 2.62 bits per heavy atom. The van der Waals surface area contributed by atoms with Crippen molar-refractivity contribution in [2.45, 2.75) is 33.4 Å². The Balaban J connectivity index is 2.20. The third-order valence-corrected chi connectivity index (χ3v) is 3.73. The van der Waals surface area contributed by atoms with E-state index in [-0.39, 0.29) is 35.3 Å². The number of nitrogens with one attached hydrogen (secondary N) is 1. The van der Waals surface area contributed by atoms with E-state index in [1.165, 1.54) is 17.0 Å². The van der Waals surface area contributed by atoms with Gasteiger partial charge in [-0.15, -0.1) is 0 Å². The molecule has 1 atom stereocenters. The van der Waals surface area contributed by atoms with Gasteiger partial charge in [-0.2, -0.15) is 0 Å². The van der Waals surface area contributed by atoms with E-state index in [1.807, 2.05) is 20.8 Å². The highest BCUT2D eigenvalue weighted by Gasteiger charge is 2.39. The lowest BCUT2D eigenvalue weighted by Crippen LogP contribution is -2.61. The van der Waals surface area contributed by atoms with Crippen molar-refractivity contribution in [1.29, 1.82) is 0 Å². The second kappa shape index (κ2) is 5.64. The average molecular weight is 313 g/mol. The maximum atomic E-state index is 13.5. The van der Waals surface area contributed by atoms with Gasteiger partial charge in [0.2, 0.25) is 11.8 Å². The molecule has 6 heteroatoms. The highest BCUT2D eigenvalue weighted by molar-refractivity contribution is 6.30. The monoisotopic (exact) mass is 312 g/mol. The van der Waals surface area contributed by atoms with Crippen LogP contribution in [0.2, 0.25) is 5.02 Å². The van der Waals surface area contributed by atoms with Gasteiger partial charge in [-0.25, -0.2) is 4.39 Å². The minimum Gasteiger partial charge on any atom is -0.342 e. The lowest BCUT2D eigenvalue weighted by Gasteiger charge is -2.38. The summed E-state index contributed by atoms with van der Waals surface area (Å²) in [6.45, 7) is 5.84. The minimum atomic E-state index is -0.573. The standard InChI is InChI=1S/C15H18ClFN2O2/c1-15(2,3)13-14(21)19(8-12(20)18-13)7-9-4-5-10(16)11(17)6-9/h4-6,13H,7-8H2,1-3H3,(H,18,20). The quantitative estimate of drug-likeness (QED) is 0.911. The number of benzene rings is 1. The van der Waals surface area contributed by atoms with Crippen LogP contribution in [0.4, 0.5) is 4.39 Å². The summed E-state index contributed by atoms with van der Waals surface area (Å²) in [4.78, 5) is 25.7. The molecule has 114 valence electrons. The molecule has 1 aliphatic heterocycles. The first kappa shape index (κ1) is 15.8. The zero-order chi connectivity index (χ0) is 15.8. The highest BCUT2D eigenvalue weighted by atomic mass is 35.5. The van der Waals surface area contributed by atoms with E-state index >= 15 is 0 Å². The molecule has 0 spiro atoms. The van der Waals surface area contributed by atoms with Crippen LogP contribution < -0.4 is 5.32 Å². The van der Waals surface area contributed by atoms with Crippen LogP contribution in [-0.4, -0.2) is 29.3 Å². The Morgan fingerprint density at radius 2 is 2.05 bits per heavy atom. The van der Waals surface area contributed by atoms with Crippen molar-refractivity contribution in [3.05, 3.63) is 34.6 Å². The van der Waals surface area contributed by atoms with E-state index in [1.54, 1.807) is 6.07 Å². The number of hydrogen-bond acceptors (Lipinski definition) is 2. The van der Waals surface area contributed by atoms with E-state index in [0.29, 0.717) is 5.56 Å². The summed E-state index contributed by atoms with van der Waals surface area (Å²) in [6.07, 6.45) is 0. The Labute approximate surface area is 128 Å². The van der Waals surface area contributed by atoms with Gasteiger partial charge in [0, 0.05) is 6.54 Å². The van der Waals surface area contributed by atoms with Crippen molar-refractivity contribution < 1.29 is 14.0 Å². The first-order chi connectivity index (χ1) is 9.68. The van der Waals surface area contributed by atoms with Gasteiger partial charge in [0.25, 0.3) is 0 Å². The van der Waals surface area contributed by atoms with E-state index in [4.69, 9.17) is 11.6 Å². The number of carbonyl (C=O) groups is 2. The van der Waals surface area contributed by atoms with E-state index in [2.05, 4.69) is 5.32 Å². The number of halogens is 2. The lowest BCUT2D eigenvalue weighted by atomic mass is 9.84. The molecule has 0 aliphatic carbocycles. The fourth-order valence-corrected chi connectivity index (χ4v) is 2.40. The Morgan fingerprint density at radius 1 is 1.38 bits per heavy atom. The number of hydrogen-bond donors (Lipinski definition) is 1. The van der Waals surface area contributed by atoms with Crippen LogP contribution in [0.5, 0.6) is 0 Å². The summed E-state index contributed by atoms with van der Waals surface area (Å²) in [7, 11) is 0. The summed E-state index contributed by atoms with van der Waals surface area (Å²) in [5.74, 6) is -0.892. The first-order valence-corrected chi connectivity index (χ1v) is 7.08. The van der Waals surface area contributed by atoms with Gasteiger partial charge >= 0.3 is 0 Å². The molecule has 1 aromatic carbocycles. The molecule has 0 aromatic heterocycles. The molecule has 1 saturated heterocycles. The van der Waals surface area contributed by atoms with Crippen molar-refractivity contribution in [2.75, 3.05) is 6.54 Å². The van der Waals surface area contributed by atoms with Crippen molar-refractivity contribution in [3.63, 3.8) is 0 Å². The largest absolute Gasteiger partial charge is 0.342 e. The maximum Gasteiger partial charge on any atom is 0.246 e.